The first-order chi connectivity index (χ1) is 8.73. The molecule has 0 saturated heterocycles. The molecule has 0 radical (unpaired) electrons. The van der Waals surface area contributed by atoms with Gasteiger partial charge < -0.3 is 10.1 Å². The first kappa shape index (κ1) is 14.0. The molecule has 0 aliphatic heterocycles. The lowest BCUT2D eigenvalue weighted by atomic mass is 9.87. The molecule has 3 heteroatoms. The Hall–Kier alpha value is -0.380. The highest BCUT2D eigenvalue weighted by molar-refractivity contribution is 7.10. The van der Waals surface area contributed by atoms with Crippen molar-refractivity contribution in [3.05, 3.63) is 21.9 Å². The SMILES string of the molecule is CCCNC(c1ccsc1C)C1(OC)CCCC1. The van der Waals surface area contributed by atoms with Gasteiger partial charge in [0, 0.05) is 12.0 Å². The van der Waals surface area contributed by atoms with E-state index in [0.29, 0.717) is 6.04 Å². The Morgan fingerprint density at radius 3 is 2.67 bits per heavy atom. The smallest absolute Gasteiger partial charge is 0.0872 e. The third-order valence-corrected chi connectivity index (χ3v) is 5.05. The summed E-state index contributed by atoms with van der Waals surface area (Å²) >= 11 is 1.84. The van der Waals surface area contributed by atoms with Crippen molar-refractivity contribution in [2.75, 3.05) is 13.7 Å². The van der Waals surface area contributed by atoms with E-state index in [1.54, 1.807) is 0 Å². The lowest BCUT2D eigenvalue weighted by Crippen LogP contribution is -2.44. The van der Waals surface area contributed by atoms with E-state index in [-0.39, 0.29) is 5.60 Å². The molecular formula is C15H25NOS. The van der Waals surface area contributed by atoms with Crippen LogP contribution in [0.4, 0.5) is 0 Å². The molecule has 1 saturated carbocycles. The van der Waals surface area contributed by atoms with Gasteiger partial charge in [0.25, 0.3) is 0 Å². The third kappa shape index (κ3) is 2.63. The lowest BCUT2D eigenvalue weighted by Gasteiger charge is -2.37. The van der Waals surface area contributed by atoms with Gasteiger partial charge in [-0.1, -0.05) is 19.8 Å². The largest absolute Gasteiger partial charge is 0.376 e. The van der Waals surface area contributed by atoms with Crippen LogP contribution in [0.1, 0.15) is 55.5 Å². The predicted octanol–water partition coefficient (Wildman–Crippen LogP) is 4.06. The van der Waals surface area contributed by atoms with Gasteiger partial charge in [-0.2, -0.15) is 0 Å². The fraction of sp³-hybridized carbons (Fsp3) is 0.733. The van der Waals surface area contributed by atoms with E-state index in [9.17, 15) is 0 Å². The summed E-state index contributed by atoms with van der Waals surface area (Å²) in [6.07, 6.45) is 6.11. The van der Waals surface area contributed by atoms with Gasteiger partial charge in [0.15, 0.2) is 0 Å². The van der Waals surface area contributed by atoms with Crippen molar-refractivity contribution >= 4 is 11.3 Å². The van der Waals surface area contributed by atoms with Gasteiger partial charge in [0.05, 0.1) is 11.6 Å². The molecule has 0 bridgehead atoms. The van der Waals surface area contributed by atoms with Crippen molar-refractivity contribution in [2.45, 2.75) is 57.6 Å². The second-order valence-corrected chi connectivity index (χ2v) is 6.42. The van der Waals surface area contributed by atoms with Crippen LogP contribution in [-0.2, 0) is 4.74 Å². The number of thiophene rings is 1. The van der Waals surface area contributed by atoms with E-state index in [1.165, 1.54) is 42.5 Å². The first-order valence-electron chi connectivity index (χ1n) is 7.06. The molecule has 2 rings (SSSR count). The fourth-order valence-corrected chi connectivity index (χ4v) is 3.89. The highest BCUT2D eigenvalue weighted by Gasteiger charge is 2.42. The summed E-state index contributed by atoms with van der Waals surface area (Å²) in [6.45, 7) is 5.50. The van der Waals surface area contributed by atoms with E-state index in [2.05, 4.69) is 30.6 Å². The summed E-state index contributed by atoms with van der Waals surface area (Å²) in [6, 6.07) is 2.63. The predicted molar refractivity (Wildman–Crippen MR) is 78.3 cm³/mol. The zero-order valence-electron chi connectivity index (χ0n) is 11.8. The molecule has 1 heterocycles. The molecule has 1 atom stereocenters. The monoisotopic (exact) mass is 267 g/mol. The maximum absolute atomic E-state index is 5.98. The van der Waals surface area contributed by atoms with Gasteiger partial charge in [-0.25, -0.2) is 0 Å². The van der Waals surface area contributed by atoms with Crippen LogP contribution >= 0.6 is 11.3 Å². The molecule has 1 aliphatic rings. The number of hydrogen-bond donors (Lipinski definition) is 1. The summed E-state index contributed by atoms with van der Waals surface area (Å²) in [7, 11) is 1.88. The number of nitrogens with one attached hydrogen (secondary N) is 1. The van der Waals surface area contributed by atoms with E-state index < -0.39 is 0 Å². The summed E-state index contributed by atoms with van der Waals surface area (Å²) in [5, 5.41) is 5.93. The molecule has 1 N–H and O–H groups in total. The fourth-order valence-electron chi connectivity index (χ4n) is 3.15. The van der Waals surface area contributed by atoms with Gasteiger partial charge >= 0.3 is 0 Å². The maximum Gasteiger partial charge on any atom is 0.0872 e. The number of aryl methyl sites for hydroxylation is 1. The van der Waals surface area contributed by atoms with E-state index in [4.69, 9.17) is 4.74 Å². The Kier molecular flexibility index (Phi) is 4.82. The second-order valence-electron chi connectivity index (χ2n) is 5.30. The van der Waals surface area contributed by atoms with Crippen molar-refractivity contribution in [1.82, 2.24) is 5.32 Å². The zero-order chi connectivity index (χ0) is 13.0. The van der Waals surface area contributed by atoms with Gasteiger partial charge in [0.2, 0.25) is 0 Å². The Morgan fingerprint density at radius 2 is 2.17 bits per heavy atom. The number of rotatable bonds is 6. The summed E-state index contributed by atoms with van der Waals surface area (Å²) in [5.41, 5.74) is 1.46. The van der Waals surface area contributed by atoms with Crippen LogP contribution in [0.25, 0.3) is 0 Å². The standard InChI is InChI=1S/C15H25NOS/c1-4-10-16-14(13-7-11-18-12(13)2)15(17-3)8-5-6-9-15/h7,11,14,16H,4-6,8-10H2,1-3H3. The van der Waals surface area contributed by atoms with E-state index in [1.807, 2.05) is 18.4 Å². The number of hydrogen-bond acceptors (Lipinski definition) is 3. The molecule has 1 unspecified atom stereocenters. The highest BCUT2D eigenvalue weighted by atomic mass is 32.1. The molecular weight excluding hydrogens is 242 g/mol. The molecule has 2 nitrogen and oxygen atoms in total. The van der Waals surface area contributed by atoms with Gasteiger partial charge in [-0.15, -0.1) is 11.3 Å². The van der Waals surface area contributed by atoms with Gasteiger partial charge in [-0.3, -0.25) is 0 Å². The molecule has 1 aromatic heterocycles. The molecule has 0 amide bonds. The normalized spacial score (nSPS) is 20.2. The van der Waals surface area contributed by atoms with Crippen LogP contribution in [0.15, 0.2) is 11.4 Å². The third-order valence-electron chi connectivity index (χ3n) is 4.19. The van der Waals surface area contributed by atoms with Crippen LogP contribution < -0.4 is 5.32 Å². The van der Waals surface area contributed by atoms with Crippen LogP contribution in [0.2, 0.25) is 0 Å². The molecule has 1 fully saturated rings. The number of methoxy groups -OCH3 is 1. The minimum absolute atomic E-state index is 0.0149. The number of ether oxygens (including phenoxy) is 1. The maximum atomic E-state index is 5.98. The Morgan fingerprint density at radius 1 is 1.44 bits per heavy atom. The molecule has 18 heavy (non-hydrogen) atoms. The van der Waals surface area contributed by atoms with Crippen molar-refractivity contribution in [3.63, 3.8) is 0 Å². The molecule has 1 aliphatic carbocycles. The van der Waals surface area contributed by atoms with Crippen LogP contribution in [0.3, 0.4) is 0 Å². The van der Waals surface area contributed by atoms with Crippen molar-refractivity contribution in [2.24, 2.45) is 0 Å². The molecule has 0 spiro atoms. The average molecular weight is 267 g/mol. The minimum Gasteiger partial charge on any atom is -0.376 e. The highest BCUT2D eigenvalue weighted by Crippen LogP contribution is 2.44. The average Bonchev–Trinajstić information content (AvgIpc) is 3.01. The first-order valence-corrected chi connectivity index (χ1v) is 7.94. The topological polar surface area (TPSA) is 21.3 Å². The second kappa shape index (κ2) is 6.18. The summed E-state index contributed by atoms with van der Waals surface area (Å²) in [4.78, 5) is 1.42. The summed E-state index contributed by atoms with van der Waals surface area (Å²) < 4.78 is 5.98. The zero-order valence-corrected chi connectivity index (χ0v) is 12.6. The van der Waals surface area contributed by atoms with Crippen LogP contribution in [0.5, 0.6) is 0 Å². The molecule has 102 valence electrons. The van der Waals surface area contributed by atoms with Crippen molar-refractivity contribution in [3.8, 4) is 0 Å². The van der Waals surface area contributed by atoms with Crippen molar-refractivity contribution < 1.29 is 4.74 Å². The van der Waals surface area contributed by atoms with Crippen LogP contribution in [-0.4, -0.2) is 19.3 Å². The minimum atomic E-state index is 0.0149. The quantitative estimate of drug-likeness (QED) is 0.839. The Labute approximate surface area is 115 Å². The van der Waals surface area contributed by atoms with Crippen molar-refractivity contribution in [1.29, 1.82) is 0 Å². The lowest BCUT2D eigenvalue weighted by molar-refractivity contribution is -0.0367. The Bertz CT molecular complexity index is 368. The molecule has 1 aromatic rings. The van der Waals surface area contributed by atoms with Gasteiger partial charge in [-0.05, 0) is 49.7 Å². The molecule has 0 aromatic carbocycles. The van der Waals surface area contributed by atoms with E-state index in [0.717, 1.165) is 6.54 Å². The van der Waals surface area contributed by atoms with E-state index >= 15 is 0 Å². The summed E-state index contributed by atoms with van der Waals surface area (Å²) in [5.74, 6) is 0. The Balaban J connectivity index is 2.26. The van der Waals surface area contributed by atoms with Gasteiger partial charge in [0.1, 0.15) is 0 Å². The van der Waals surface area contributed by atoms with Crippen LogP contribution in [0, 0.1) is 6.92 Å².